The summed E-state index contributed by atoms with van der Waals surface area (Å²) in [4.78, 5) is 32.9. The van der Waals surface area contributed by atoms with Crippen LogP contribution in [-0.2, 0) is 19.3 Å². The molecule has 0 spiro atoms. The number of likely N-dealkylation sites (N-methyl/N-ethyl adjacent to an activating group) is 1. The SMILES string of the molecule is CC(=O)ON(C)C(=O)/C=C/c1ccc(N(C)OC(C)(C)C)cc1. The zero-order chi connectivity index (χ0) is 17.6. The third-order valence-electron chi connectivity index (χ3n) is 2.66. The molecule has 6 nitrogen and oxygen atoms in total. The molecule has 6 heteroatoms. The number of hydrogen-bond acceptors (Lipinski definition) is 5. The molecule has 0 radical (unpaired) electrons. The molecule has 0 aliphatic rings. The first-order valence-electron chi connectivity index (χ1n) is 7.26. The minimum Gasteiger partial charge on any atom is -0.338 e. The summed E-state index contributed by atoms with van der Waals surface area (Å²) < 4.78 is 0. The zero-order valence-electron chi connectivity index (χ0n) is 14.5. The lowest BCUT2D eigenvalue weighted by atomic mass is 10.2. The second-order valence-corrected chi connectivity index (χ2v) is 6.04. The molecular formula is C17H24N2O4. The predicted octanol–water partition coefficient (Wildman–Crippen LogP) is 2.80. The van der Waals surface area contributed by atoms with Crippen molar-refractivity contribution in [3.8, 4) is 0 Å². The van der Waals surface area contributed by atoms with Gasteiger partial charge in [0.2, 0.25) is 0 Å². The van der Waals surface area contributed by atoms with Gasteiger partial charge in [-0.15, -0.1) is 0 Å². The van der Waals surface area contributed by atoms with Gasteiger partial charge in [0.1, 0.15) is 0 Å². The molecule has 1 rings (SSSR count). The second kappa shape index (κ2) is 7.78. The predicted molar refractivity (Wildman–Crippen MR) is 89.3 cm³/mol. The first-order valence-corrected chi connectivity index (χ1v) is 7.26. The van der Waals surface area contributed by atoms with Crippen LogP contribution in [0, 0.1) is 0 Å². The van der Waals surface area contributed by atoms with Crippen LogP contribution in [0.4, 0.5) is 5.69 Å². The van der Waals surface area contributed by atoms with Crippen molar-refractivity contribution in [2.45, 2.75) is 33.3 Å². The molecule has 1 aromatic rings. The second-order valence-electron chi connectivity index (χ2n) is 6.04. The minimum absolute atomic E-state index is 0.277. The van der Waals surface area contributed by atoms with Crippen molar-refractivity contribution in [3.63, 3.8) is 0 Å². The van der Waals surface area contributed by atoms with Gasteiger partial charge in [-0.05, 0) is 44.5 Å². The summed E-state index contributed by atoms with van der Waals surface area (Å²) >= 11 is 0. The van der Waals surface area contributed by atoms with Crippen LogP contribution in [0.2, 0.25) is 0 Å². The molecule has 0 unspecified atom stereocenters. The van der Waals surface area contributed by atoms with Crippen molar-refractivity contribution in [1.29, 1.82) is 0 Å². The maximum Gasteiger partial charge on any atom is 0.329 e. The average molecular weight is 320 g/mol. The van der Waals surface area contributed by atoms with Crippen molar-refractivity contribution in [2.24, 2.45) is 0 Å². The Morgan fingerprint density at radius 2 is 1.65 bits per heavy atom. The summed E-state index contributed by atoms with van der Waals surface area (Å²) in [6.07, 6.45) is 2.99. The van der Waals surface area contributed by atoms with Crippen LogP contribution in [0.15, 0.2) is 30.3 Å². The molecule has 0 fully saturated rings. The van der Waals surface area contributed by atoms with E-state index in [1.165, 1.54) is 20.0 Å². The first kappa shape index (κ1) is 18.7. The molecule has 0 atom stereocenters. The van der Waals surface area contributed by atoms with Crippen molar-refractivity contribution in [2.75, 3.05) is 19.2 Å². The molecule has 0 bridgehead atoms. The number of amides is 1. The van der Waals surface area contributed by atoms with Gasteiger partial charge in [0.15, 0.2) is 0 Å². The van der Waals surface area contributed by atoms with Gasteiger partial charge < -0.3 is 4.84 Å². The van der Waals surface area contributed by atoms with E-state index in [2.05, 4.69) is 4.84 Å². The van der Waals surface area contributed by atoms with E-state index in [1.54, 1.807) is 11.1 Å². The van der Waals surface area contributed by atoms with Gasteiger partial charge in [-0.2, -0.15) is 5.06 Å². The normalized spacial score (nSPS) is 11.4. The molecule has 0 aliphatic carbocycles. The van der Waals surface area contributed by atoms with E-state index in [0.29, 0.717) is 0 Å². The van der Waals surface area contributed by atoms with E-state index in [4.69, 9.17) is 4.84 Å². The number of carbonyl (C=O) groups is 2. The highest BCUT2D eigenvalue weighted by atomic mass is 16.7. The van der Waals surface area contributed by atoms with Gasteiger partial charge in [-0.3, -0.25) is 19.5 Å². The summed E-state index contributed by atoms with van der Waals surface area (Å²) in [7, 11) is 3.23. The van der Waals surface area contributed by atoms with Crippen molar-refractivity contribution in [3.05, 3.63) is 35.9 Å². The number of carbonyl (C=O) groups excluding carboxylic acids is 2. The number of anilines is 1. The number of benzene rings is 1. The van der Waals surface area contributed by atoms with Gasteiger partial charge in [-0.1, -0.05) is 12.1 Å². The fourth-order valence-corrected chi connectivity index (χ4v) is 1.77. The standard InChI is InChI=1S/C17H24N2O4/c1-13(20)22-19(6)16(21)12-9-14-7-10-15(11-8-14)18(5)23-17(2,3)4/h7-12H,1-6H3/b12-9+. The third kappa shape index (κ3) is 6.97. The van der Waals surface area contributed by atoms with Crippen LogP contribution in [0.25, 0.3) is 6.08 Å². The Hall–Kier alpha value is -2.34. The van der Waals surface area contributed by atoms with Crippen LogP contribution in [0.1, 0.15) is 33.3 Å². The third-order valence-corrected chi connectivity index (χ3v) is 2.66. The van der Waals surface area contributed by atoms with E-state index >= 15 is 0 Å². The molecule has 0 heterocycles. The highest BCUT2D eigenvalue weighted by Crippen LogP contribution is 2.19. The fraction of sp³-hybridized carbons (Fsp3) is 0.412. The maximum atomic E-state index is 11.7. The Bertz CT molecular complexity index is 573. The molecule has 1 aromatic carbocycles. The van der Waals surface area contributed by atoms with Gasteiger partial charge in [0.05, 0.1) is 11.3 Å². The number of hydroxylamine groups is 3. The lowest BCUT2D eigenvalue weighted by Gasteiger charge is -2.28. The number of nitrogens with zero attached hydrogens (tertiary/aromatic N) is 2. The van der Waals surface area contributed by atoms with E-state index in [9.17, 15) is 9.59 Å². The molecule has 23 heavy (non-hydrogen) atoms. The quantitative estimate of drug-likeness (QED) is 0.631. The average Bonchev–Trinajstić information content (AvgIpc) is 2.42. The highest BCUT2D eigenvalue weighted by Gasteiger charge is 2.14. The van der Waals surface area contributed by atoms with Crippen LogP contribution in [0.5, 0.6) is 0 Å². The van der Waals surface area contributed by atoms with Crippen LogP contribution in [0.3, 0.4) is 0 Å². The van der Waals surface area contributed by atoms with E-state index in [1.807, 2.05) is 52.1 Å². The number of hydrogen-bond donors (Lipinski definition) is 0. The molecule has 0 N–H and O–H groups in total. The molecule has 126 valence electrons. The van der Waals surface area contributed by atoms with E-state index in [0.717, 1.165) is 16.3 Å². The van der Waals surface area contributed by atoms with Crippen LogP contribution in [-0.4, -0.2) is 36.6 Å². The number of rotatable bonds is 4. The summed E-state index contributed by atoms with van der Waals surface area (Å²) in [5.74, 6) is -0.960. The topological polar surface area (TPSA) is 59.1 Å². The van der Waals surface area contributed by atoms with Crippen molar-refractivity contribution >= 4 is 23.6 Å². The largest absolute Gasteiger partial charge is 0.338 e. The Morgan fingerprint density at radius 1 is 1.09 bits per heavy atom. The molecule has 0 saturated heterocycles. The van der Waals surface area contributed by atoms with Crippen LogP contribution < -0.4 is 5.06 Å². The summed E-state index contributed by atoms with van der Waals surface area (Å²) in [5, 5.41) is 2.59. The Balaban J connectivity index is 2.68. The Morgan fingerprint density at radius 3 is 2.13 bits per heavy atom. The Labute approximate surface area is 137 Å². The molecule has 0 aliphatic heterocycles. The van der Waals surface area contributed by atoms with Gasteiger partial charge in [0.25, 0.3) is 5.91 Å². The lowest BCUT2D eigenvalue weighted by Crippen LogP contribution is -2.30. The molecule has 0 saturated carbocycles. The molecule has 1 amide bonds. The molecular weight excluding hydrogens is 296 g/mol. The zero-order valence-corrected chi connectivity index (χ0v) is 14.5. The molecule has 0 aromatic heterocycles. The summed E-state index contributed by atoms with van der Waals surface area (Å²) in [6, 6.07) is 7.53. The van der Waals surface area contributed by atoms with Crippen molar-refractivity contribution in [1.82, 2.24) is 5.06 Å². The van der Waals surface area contributed by atoms with Crippen molar-refractivity contribution < 1.29 is 19.3 Å². The lowest BCUT2D eigenvalue weighted by molar-refractivity contribution is -0.187. The fourth-order valence-electron chi connectivity index (χ4n) is 1.77. The first-order chi connectivity index (χ1) is 10.6. The van der Waals surface area contributed by atoms with Crippen LogP contribution >= 0.6 is 0 Å². The van der Waals surface area contributed by atoms with E-state index < -0.39 is 11.9 Å². The summed E-state index contributed by atoms with van der Waals surface area (Å²) in [5.41, 5.74) is 1.48. The highest BCUT2D eigenvalue weighted by molar-refractivity contribution is 5.91. The van der Waals surface area contributed by atoms with E-state index in [-0.39, 0.29) is 5.60 Å². The van der Waals surface area contributed by atoms with Gasteiger partial charge >= 0.3 is 5.97 Å². The maximum absolute atomic E-state index is 11.7. The summed E-state index contributed by atoms with van der Waals surface area (Å²) in [6.45, 7) is 7.17. The Kier molecular flexibility index (Phi) is 6.33. The monoisotopic (exact) mass is 320 g/mol. The van der Waals surface area contributed by atoms with Gasteiger partial charge in [0, 0.05) is 27.1 Å². The van der Waals surface area contributed by atoms with Gasteiger partial charge in [-0.25, -0.2) is 0 Å². The smallest absolute Gasteiger partial charge is 0.329 e. The minimum atomic E-state index is -0.541.